The zero-order valence-corrected chi connectivity index (χ0v) is 16.3. The fraction of sp³-hybridized carbons (Fsp3) is 0.789. The first kappa shape index (κ1) is 19.6. The number of carbonyl (C=O) groups excluding carboxylic acids is 4. The molecule has 2 heterocycles. The van der Waals surface area contributed by atoms with Crippen LogP contribution in [0, 0.1) is 5.92 Å². The first-order valence-electron chi connectivity index (χ1n) is 10.1. The molecule has 2 saturated heterocycles. The van der Waals surface area contributed by atoms with Crippen LogP contribution in [-0.4, -0.2) is 77.2 Å². The lowest BCUT2D eigenvalue weighted by molar-refractivity contribution is -0.142. The molecule has 2 aliphatic heterocycles. The number of imide groups is 1. The van der Waals surface area contributed by atoms with Gasteiger partial charge in [0, 0.05) is 26.7 Å². The number of nitrogens with zero attached hydrogens (tertiary/aromatic N) is 3. The molecule has 0 aromatic rings. The van der Waals surface area contributed by atoms with Crippen molar-refractivity contribution in [1.29, 1.82) is 0 Å². The number of piperidine rings is 1. The maximum Gasteiger partial charge on any atom is 0.327 e. The lowest BCUT2D eigenvalue weighted by Gasteiger charge is -2.36. The van der Waals surface area contributed by atoms with Gasteiger partial charge < -0.3 is 15.1 Å². The summed E-state index contributed by atoms with van der Waals surface area (Å²) in [6.45, 7) is 3.11. The molecule has 150 valence electrons. The third-order valence-electron chi connectivity index (χ3n) is 6.27. The number of likely N-dealkylation sites (tertiary alicyclic amines) is 1. The van der Waals surface area contributed by atoms with Crippen LogP contribution in [0.3, 0.4) is 0 Å². The molecule has 5 amide bonds. The highest BCUT2D eigenvalue weighted by molar-refractivity contribution is 6.09. The minimum absolute atomic E-state index is 0.0378. The van der Waals surface area contributed by atoms with Crippen LogP contribution in [0.1, 0.15) is 51.9 Å². The Balaban J connectivity index is 1.66. The average Bonchev–Trinajstić information content (AvgIpc) is 2.85. The lowest BCUT2D eigenvalue weighted by Crippen LogP contribution is -2.51. The van der Waals surface area contributed by atoms with E-state index in [9.17, 15) is 19.2 Å². The Bertz CT molecular complexity index is 629. The number of amides is 5. The van der Waals surface area contributed by atoms with Crippen LogP contribution in [0.4, 0.5) is 4.79 Å². The predicted molar refractivity (Wildman–Crippen MR) is 98.7 cm³/mol. The van der Waals surface area contributed by atoms with Crippen molar-refractivity contribution >= 4 is 23.8 Å². The molecule has 0 aromatic heterocycles. The first-order valence-corrected chi connectivity index (χ1v) is 10.1. The van der Waals surface area contributed by atoms with Gasteiger partial charge in [-0.15, -0.1) is 0 Å². The van der Waals surface area contributed by atoms with Crippen molar-refractivity contribution in [3.63, 3.8) is 0 Å². The van der Waals surface area contributed by atoms with Gasteiger partial charge in [0.2, 0.25) is 11.8 Å². The summed E-state index contributed by atoms with van der Waals surface area (Å²) in [6.07, 6.45) is 5.76. The largest absolute Gasteiger partial charge is 0.356 e. The van der Waals surface area contributed by atoms with Crippen molar-refractivity contribution in [3.8, 4) is 0 Å². The van der Waals surface area contributed by atoms with E-state index in [0.717, 1.165) is 37.0 Å². The predicted octanol–water partition coefficient (Wildman–Crippen LogP) is 0.958. The maximum atomic E-state index is 13.0. The monoisotopic (exact) mass is 378 g/mol. The minimum Gasteiger partial charge on any atom is -0.356 e. The van der Waals surface area contributed by atoms with E-state index in [-0.39, 0.29) is 36.2 Å². The third kappa shape index (κ3) is 3.53. The Morgan fingerprint density at radius 1 is 1.15 bits per heavy atom. The second-order valence-corrected chi connectivity index (χ2v) is 7.90. The van der Waals surface area contributed by atoms with E-state index in [2.05, 4.69) is 5.32 Å². The van der Waals surface area contributed by atoms with Crippen LogP contribution < -0.4 is 5.32 Å². The number of rotatable bonds is 4. The van der Waals surface area contributed by atoms with Gasteiger partial charge in [-0.25, -0.2) is 4.79 Å². The number of hydrogen-bond acceptors (Lipinski definition) is 4. The van der Waals surface area contributed by atoms with E-state index in [0.29, 0.717) is 32.5 Å². The van der Waals surface area contributed by atoms with Crippen LogP contribution in [-0.2, 0) is 14.4 Å². The molecule has 3 rings (SSSR count). The molecule has 3 aliphatic rings. The summed E-state index contributed by atoms with van der Waals surface area (Å²) in [7, 11) is 1.67. The second-order valence-electron chi connectivity index (χ2n) is 7.90. The summed E-state index contributed by atoms with van der Waals surface area (Å²) in [5, 5.41) is 2.80. The zero-order valence-electron chi connectivity index (χ0n) is 16.3. The van der Waals surface area contributed by atoms with E-state index < -0.39 is 5.54 Å². The molecule has 27 heavy (non-hydrogen) atoms. The van der Waals surface area contributed by atoms with Crippen molar-refractivity contribution in [1.82, 2.24) is 20.0 Å². The van der Waals surface area contributed by atoms with Crippen LogP contribution in [0.25, 0.3) is 0 Å². The highest BCUT2D eigenvalue weighted by atomic mass is 16.2. The molecule has 1 N–H and O–H groups in total. The third-order valence-corrected chi connectivity index (χ3v) is 6.27. The van der Waals surface area contributed by atoms with E-state index >= 15 is 0 Å². The molecular formula is C19H30N4O4. The van der Waals surface area contributed by atoms with Crippen LogP contribution in [0.2, 0.25) is 0 Å². The second kappa shape index (κ2) is 7.86. The number of carbonyl (C=O) groups is 4. The maximum absolute atomic E-state index is 13.0. The van der Waals surface area contributed by atoms with E-state index in [1.807, 2.05) is 6.92 Å². The zero-order chi connectivity index (χ0) is 19.6. The molecular weight excluding hydrogens is 348 g/mol. The number of likely N-dealkylation sites (N-methyl/N-ethyl adjacent to an activating group) is 1. The lowest BCUT2D eigenvalue weighted by atomic mass is 9.81. The molecule has 8 heteroatoms. The van der Waals surface area contributed by atoms with Crippen LogP contribution >= 0.6 is 0 Å². The van der Waals surface area contributed by atoms with Crippen molar-refractivity contribution in [2.24, 2.45) is 5.92 Å². The fourth-order valence-electron chi connectivity index (χ4n) is 4.64. The molecule has 8 nitrogen and oxygen atoms in total. The van der Waals surface area contributed by atoms with Gasteiger partial charge in [-0.05, 0) is 32.6 Å². The van der Waals surface area contributed by atoms with Crippen LogP contribution in [0.15, 0.2) is 0 Å². The van der Waals surface area contributed by atoms with Crippen molar-refractivity contribution < 1.29 is 19.2 Å². The van der Waals surface area contributed by atoms with Gasteiger partial charge in [0.1, 0.15) is 12.1 Å². The number of hydrogen-bond donors (Lipinski definition) is 1. The van der Waals surface area contributed by atoms with Crippen molar-refractivity contribution in [2.75, 3.05) is 33.2 Å². The van der Waals surface area contributed by atoms with Crippen molar-refractivity contribution in [3.05, 3.63) is 0 Å². The summed E-state index contributed by atoms with van der Waals surface area (Å²) >= 11 is 0. The Morgan fingerprint density at radius 3 is 2.52 bits per heavy atom. The Hall–Kier alpha value is -2.12. The summed E-state index contributed by atoms with van der Waals surface area (Å²) < 4.78 is 0. The average molecular weight is 378 g/mol. The Labute approximate surface area is 160 Å². The standard InChI is InChI=1S/C19H30N4O4/c1-3-20-16(25)14-8-7-11-22(12-14)15(24)13-23-17(26)19(21(2)18(23)27)9-5-4-6-10-19/h14H,3-13H2,1-2H3,(H,20,25). The number of nitrogens with one attached hydrogen (secondary N) is 1. The van der Waals surface area contributed by atoms with Gasteiger partial charge >= 0.3 is 6.03 Å². The topological polar surface area (TPSA) is 90.0 Å². The molecule has 1 aliphatic carbocycles. The van der Waals surface area contributed by atoms with E-state index in [4.69, 9.17) is 0 Å². The SMILES string of the molecule is CCNC(=O)C1CCCN(C(=O)CN2C(=O)N(C)C3(CCCCC3)C2=O)C1. The molecule has 3 fully saturated rings. The smallest absolute Gasteiger partial charge is 0.327 e. The summed E-state index contributed by atoms with van der Waals surface area (Å²) in [6, 6.07) is -0.382. The van der Waals surface area contributed by atoms with Gasteiger partial charge in [0.15, 0.2) is 0 Å². The highest BCUT2D eigenvalue weighted by Gasteiger charge is 2.56. The van der Waals surface area contributed by atoms with Crippen molar-refractivity contribution in [2.45, 2.75) is 57.4 Å². The molecule has 0 radical (unpaired) electrons. The minimum atomic E-state index is -0.763. The van der Waals surface area contributed by atoms with Crippen LogP contribution in [0.5, 0.6) is 0 Å². The molecule has 0 bridgehead atoms. The molecule has 1 atom stereocenters. The van der Waals surface area contributed by atoms with E-state index in [1.165, 1.54) is 4.90 Å². The van der Waals surface area contributed by atoms with Gasteiger partial charge in [-0.3, -0.25) is 19.3 Å². The Morgan fingerprint density at radius 2 is 1.85 bits per heavy atom. The van der Waals surface area contributed by atoms with Gasteiger partial charge in [0.25, 0.3) is 5.91 Å². The van der Waals surface area contributed by atoms with Gasteiger partial charge in [0.05, 0.1) is 5.92 Å². The molecule has 1 unspecified atom stereocenters. The number of urea groups is 1. The summed E-state index contributed by atoms with van der Waals surface area (Å²) in [4.78, 5) is 54.8. The normalized spacial score (nSPS) is 25.3. The first-order chi connectivity index (χ1) is 12.9. The summed E-state index contributed by atoms with van der Waals surface area (Å²) in [5.74, 6) is -0.753. The molecule has 1 spiro atoms. The van der Waals surface area contributed by atoms with Gasteiger partial charge in [-0.1, -0.05) is 19.3 Å². The van der Waals surface area contributed by atoms with E-state index in [1.54, 1.807) is 11.9 Å². The highest BCUT2D eigenvalue weighted by Crippen LogP contribution is 2.39. The summed E-state index contributed by atoms with van der Waals surface area (Å²) in [5.41, 5.74) is -0.763. The quantitative estimate of drug-likeness (QED) is 0.738. The Kier molecular flexibility index (Phi) is 5.72. The fourth-order valence-corrected chi connectivity index (χ4v) is 4.64. The molecule has 1 saturated carbocycles. The van der Waals surface area contributed by atoms with Gasteiger partial charge in [-0.2, -0.15) is 0 Å². The molecule has 0 aromatic carbocycles.